The van der Waals surface area contributed by atoms with Crippen LogP contribution in [0.1, 0.15) is 19.3 Å². The first-order valence-electron chi connectivity index (χ1n) is 6.11. The zero-order valence-corrected chi connectivity index (χ0v) is 9.85. The third-order valence-corrected chi connectivity index (χ3v) is 3.33. The fourth-order valence-electron chi connectivity index (χ4n) is 2.42. The summed E-state index contributed by atoms with van der Waals surface area (Å²) < 4.78 is 5.26. The van der Waals surface area contributed by atoms with Crippen molar-refractivity contribution >= 4 is 11.8 Å². The molecule has 2 aliphatic rings. The number of hydrogen-bond acceptors (Lipinski definition) is 4. The average Bonchev–Trinajstić information content (AvgIpc) is 2.39. The second-order valence-corrected chi connectivity index (χ2v) is 4.53. The van der Waals surface area contributed by atoms with Gasteiger partial charge in [0.25, 0.3) is 0 Å². The first kappa shape index (κ1) is 12.3. The molecule has 2 amide bonds. The Morgan fingerprint density at radius 2 is 2.18 bits per heavy atom. The molecule has 2 unspecified atom stereocenters. The Labute approximate surface area is 100 Å². The van der Waals surface area contributed by atoms with E-state index in [1.807, 2.05) is 0 Å². The number of nitrogens with one attached hydrogen (secondary N) is 1. The van der Waals surface area contributed by atoms with Crippen LogP contribution in [-0.4, -0.2) is 55.1 Å². The van der Waals surface area contributed by atoms with Crippen LogP contribution in [0.15, 0.2) is 0 Å². The van der Waals surface area contributed by atoms with E-state index < -0.39 is 11.9 Å². The van der Waals surface area contributed by atoms with Crippen molar-refractivity contribution in [3.05, 3.63) is 0 Å². The fourth-order valence-corrected chi connectivity index (χ4v) is 2.42. The number of piperidine rings is 1. The molecule has 0 aromatic carbocycles. The molecule has 0 saturated carbocycles. The first-order chi connectivity index (χ1) is 8.20. The van der Waals surface area contributed by atoms with Crippen molar-refractivity contribution in [3.63, 3.8) is 0 Å². The van der Waals surface area contributed by atoms with Crippen LogP contribution in [0.4, 0.5) is 0 Å². The highest BCUT2D eigenvalue weighted by atomic mass is 16.5. The predicted molar refractivity (Wildman–Crippen MR) is 61.2 cm³/mol. The molecule has 96 valence electrons. The number of primary amides is 1. The Bertz CT molecular complexity index is 302. The van der Waals surface area contributed by atoms with Crippen LogP contribution in [0.25, 0.3) is 0 Å². The number of nitrogens with zero attached hydrogens (tertiary/aromatic N) is 1. The Hall–Kier alpha value is -1.14. The van der Waals surface area contributed by atoms with Gasteiger partial charge in [-0.1, -0.05) is 0 Å². The molecule has 6 heteroatoms. The Kier molecular flexibility index (Phi) is 3.96. The van der Waals surface area contributed by atoms with Gasteiger partial charge in [-0.05, 0) is 19.3 Å². The van der Waals surface area contributed by atoms with E-state index >= 15 is 0 Å². The smallest absolute Gasteiger partial charge is 0.242 e. The lowest BCUT2D eigenvalue weighted by Crippen LogP contribution is -2.58. The zero-order chi connectivity index (χ0) is 12.3. The van der Waals surface area contributed by atoms with E-state index in [9.17, 15) is 9.59 Å². The molecule has 2 rings (SSSR count). The summed E-state index contributed by atoms with van der Waals surface area (Å²) in [4.78, 5) is 25.2. The summed E-state index contributed by atoms with van der Waals surface area (Å²) in [5, 5.41) is 3.11. The summed E-state index contributed by atoms with van der Waals surface area (Å²) >= 11 is 0. The lowest BCUT2D eigenvalue weighted by Gasteiger charge is -2.37. The normalized spacial score (nSPS) is 30.0. The third kappa shape index (κ3) is 2.76. The number of amides is 2. The molecular formula is C11H19N3O3. The van der Waals surface area contributed by atoms with Crippen molar-refractivity contribution in [2.45, 2.75) is 31.3 Å². The van der Waals surface area contributed by atoms with E-state index in [1.165, 1.54) is 0 Å². The maximum Gasteiger partial charge on any atom is 0.242 e. The van der Waals surface area contributed by atoms with Crippen LogP contribution >= 0.6 is 0 Å². The highest BCUT2D eigenvalue weighted by molar-refractivity contribution is 5.89. The van der Waals surface area contributed by atoms with Crippen LogP contribution in [-0.2, 0) is 14.3 Å². The maximum absolute atomic E-state index is 12.2. The first-order valence-corrected chi connectivity index (χ1v) is 6.11. The minimum absolute atomic E-state index is 0.0619. The number of likely N-dealkylation sites (tertiary alicyclic amines) is 1. The van der Waals surface area contributed by atoms with Gasteiger partial charge >= 0.3 is 0 Å². The van der Waals surface area contributed by atoms with E-state index in [0.717, 1.165) is 12.8 Å². The summed E-state index contributed by atoms with van der Waals surface area (Å²) in [6.07, 6.45) is 2.56. The molecule has 0 aromatic heterocycles. The highest BCUT2D eigenvalue weighted by Gasteiger charge is 2.34. The summed E-state index contributed by atoms with van der Waals surface area (Å²) in [5.74, 6) is -0.469. The molecule has 2 heterocycles. The van der Waals surface area contributed by atoms with Gasteiger partial charge in [0, 0.05) is 13.1 Å². The number of rotatable bonds is 2. The van der Waals surface area contributed by atoms with Crippen LogP contribution in [0.5, 0.6) is 0 Å². The largest absolute Gasteiger partial charge is 0.378 e. The van der Waals surface area contributed by atoms with E-state index in [-0.39, 0.29) is 11.9 Å². The van der Waals surface area contributed by atoms with Crippen molar-refractivity contribution in [2.75, 3.05) is 26.3 Å². The number of carbonyl (C=O) groups is 2. The molecule has 0 bridgehead atoms. The molecule has 0 aromatic rings. The van der Waals surface area contributed by atoms with Crippen molar-refractivity contribution in [1.82, 2.24) is 10.2 Å². The fraction of sp³-hybridized carbons (Fsp3) is 0.818. The summed E-state index contributed by atoms with van der Waals surface area (Å²) in [7, 11) is 0. The van der Waals surface area contributed by atoms with E-state index in [0.29, 0.717) is 32.7 Å². The molecule has 0 spiro atoms. The number of carbonyl (C=O) groups excluding carboxylic acids is 2. The molecule has 2 fully saturated rings. The molecule has 3 N–H and O–H groups in total. The predicted octanol–water partition coefficient (Wildman–Crippen LogP) is -1.16. The average molecular weight is 241 g/mol. The number of ether oxygens (including phenoxy) is 1. The quantitative estimate of drug-likeness (QED) is 0.639. The third-order valence-electron chi connectivity index (χ3n) is 3.33. The maximum atomic E-state index is 12.2. The molecule has 0 radical (unpaired) electrons. The lowest BCUT2D eigenvalue weighted by molar-refractivity contribution is -0.145. The van der Waals surface area contributed by atoms with Crippen molar-refractivity contribution in [2.24, 2.45) is 5.73 Å². The summed E-state index contributed by atoms with van der Waals surface area (Å²) in [6.45, 7) is 2.29. The van der Waals surface area contributed by atoms with Crippen molar-refractivity contribution < 1.29 is 14.3 Å². The van der Waals surface area contributed by atoms with Crippen molar-refractivity contribution in [1.29, 1.82) is 0 Å². The van der Waals surface area contributed by atoms with Gasteiger partial charge < -0.3 is 20.7 Å². The molecule has 0 aliphatic carbocycles. The summed E-state index contributed by atoms with van der Waals surface area (Å²) in [5.41, 5.74) is 5.34. The highest BCUT2D eigenvalue weighted by Crippen LogP contribution is 2.18. The Morgan fingerprint density at radius 1 is 1.35 bits per heavy atom. The van der Waals surface area contributed by atoms with E-state index in [4.69, 9.17) is 10.5 Å². The molecule has 2 saturated heterocycles. The van der Waals surface area contributed by atoms with Gasteiger partial charge in [-0.3, -0.25) is 9.59 Å². The SMILES string of the molecule is NC(=O)C1CCCCN1C(=O)C1COCCN1. The minimum Gasteiger partial charge on any atom is -0.378 e. The molecule has 2 atom stereocenters. The van der Waals surface area contributed by atoms with Gasteiger partial charge in [-0.2, -0.15) is 0 Å². The van der Waals surface area contributed by atoms with Crippen molar-refractivity contribution in [3.8, 4) is 0 Å². The van der Waals surface area contributed by atoms with E-state index in [2.05, 4.69) is 5.32 Å². The minimum atomic E-state index is -0.444. The van der Waals surface area contributed by atoms with Crippen LogP contribution < -0.4 is 11.1 Å². The molecule has 2 aliphatic heterocycles. The van der Waals surface area contributed by atoms with Gasteiger partial charge in [0.2, 0.25) is 11.8 Å². The lowest BCUT2D eigenvalue weighted by atomic mass is 10.0. The standard InChI is InChI=1S/C11H19N3O3/c12-10(15)9-3-1-2-5-14(9)11(16)8-7-17-6-4-13-8/h8-9,13H,1-7H2,(H2,12,15). The van der Waals surface area contributed by atoms with Gasteiger partial charge in [0.1, 0.15) is 12.1 Å². The number of morpholine rings is 1. The topological polar surface area (TPSA) is 84.7 Å². The molecular weight excluding hydrogens is 222 g/mol. The zero-order valence-electron chi connectivity index (χ0n) is 9.85. The summed E-state index contributed by atoms with van der Waals surface area (Å²) in [6, 6.07) is -0.774. The monoisotopic (exact) mass is 241 g/mol. The van der Waals surface area contributed by atoms with Crippen LogP contribution in [0.2, 0.25) is 0 Å². The number of hydrogen-bond donors (Lipinski definition) is 2. The molecule has 6 nitrogen and oxygen atoms in total. The van der Waals surface area contributed by atoms with Crippen LogP contribution in [0, 0.1) is 0 Å². The second kappa shape index (κ2) is 5.46. The van der Waals surface area contributed by atoms with E-state index in [1.54, 1.807) is 4.90 Å². The van der Waals surface area contributed by atoms with Crippen LogP contribution in [0.3, 0.4) is 0 Å². The Balaban J connectivity index is 2.02. The van der Waals surface area contributed by atoms with Gasteiger partial charge in [-0.25, -0.2) is 0 Å². The Morgan fingerprint density at radius 3 is 2.82 bits per heavy atom. The second-order valence-electron chi connectivity index (χ2n) is 4.53. The molecule has 17 heavy (non-hydrogen) atoms. The van der Waals surface area contributed by atoms with Gasteiger partial charge in [0.05, 0.1) is 13.2 Å². The van der Waals surface area contributed by atoms with Gasteiger partial charge in [-0.15, -0.1) is 0 Å². The number of nitrogens with two attached hydrogens (primary N) is 1. The van der Waals surface area contributed by atoms with Gasteiger partial charge in [0.15, 0.2) is 0 Å².